The molecule has 33 heavy (non-hydrogen) atoms. The highest BCUT2D eigenvalue weighted by atomic mass is 19.1. The molecule has 3 aromatic rings. The van der Waals surface area contributed by atoms with Crippen LogP contribution in [-0.4, -0.2) is 60.3 Å². The molecule has 180 valence electrons. The second-order valence-electron chi connectivity index (χ2n) is 8.09. The topological polar surface area (TPSA) is 91.2 Å². The fourth-order valence-electron chi connectivity index (χ4n) is 2.85. The fraction of sp³-hybridized carbons (Fsp3) is 0.400. The number of H-pyrrole nitrogens is 1. The average molecular weight is 459 g/mol. The largest absolute Gasteiger partial charge is 0.368 e. The molecule has 1 aromatic carbocycles. The summed E-state index contributed by atoms with van der Waals surface area (Å²) >= 11 is 0. The lowest BCUT2D eigenvalue weighted by Crippen LogP contribution is -2.42. The number of rotatable bonds is 9. The Labute approximate surface area is 195 Å². The second kappa shape index (κ2) is 15.7. The Morgan fingerprint density at radius 2 is 1.79 bits per heavy atom. The Bertz CT molecular complexity index is 878. The molecule has 0 amide bonds. The summed E-state index contributed by atoms with van der Waals surface area (Å²) in [5.41, 5.74) is 0.913. The van der Waals surface area contributed by atoms with Gasteiger partial charge in [-0.15, -0.1) is 0 Å². The fourth-order valence-corrected chi connectivity index (χ4v) is 2.85. The molecule has 2 unspecified atom stereocenters. The van der Waals surface area contributed by atoms with Crippen LogP contribution < -0.4 is 5.32 Å². The van der Waals surface area contributed by atoms with Crippen LogP contribution in [0.25, 0.3) is 11.3 Å². The molecule has 0 fully saturated rings. The van der Waals surface area contributed by atoms with Gasteiger partial charge in [-0.1, -0.05) is 19.0 Å². The van der Waals surface area contributed by atoms with Gasteiger partial charge in [-0.3, -0.25) is 9.69 Å². The van der Waals surface area contributed by atoms with Crippen LogP contribution in [0.4, 0.5) is 4.39 Å². The number of hydrogen-bond acceptors (Lipinski definition) is 6. The predicted molar refractivity (Wildman–Crippen MR) is 129 cm³/mol. The highest BCUT2D eigenvalue weighted by Gasteiger charge is 2.16. The molecular formula is C25H35FN4O3. The van der Waals surface area contributed by atoms with Gasteiger partial charge in [-0.25, -0.2) is 4.39 Å². The third-order valence-electron chi connectivity index (χ3n) is 4.76. The lowest BCUT2D eigenvalue weighted by atomic mass is 10.0. The van der Waals surface area contributed by atoms with Gasteiger partial charge in [0.1, 0.15) is 17.8 Å². The maximum atomic E-state index is 12.6. The van der Waals surface area contributed by atoms with Crippen LogP contribution in [0, 0.1) is 11.7 Å². The monoisotopic (exact) mass is 458 g/mol. The standard InChI is InChI=1S/C11H24N2O.C10H6FNO2.C4H5N/c1-9(2)6-11(8-14)13(5)7-10(3)12-4;11-8-3-1-7(2-4-8)10-5-9(6-13)12-14-10;1-2-4-5-3-1/h8-12H,6-7H2,1-5H3;1-6H;1-5H. The van der Waals surface area contributed by atoms with Crippen LogP contribution in [0.2, 0.25) is 0 Å². The molecule has 0 bridgehead atoms. The van der Waals surface area contributed by atoms with Gasteiger partial charge in [0, 0.05) is 36.6 Å². The van der Waals surface area contributed by atoms with E-state index in [1.165, 1.54) is 18.2 Å². The zero-order chi connectivity index (χ0) is 24.6. The SMILES string of the molecule is CNC(C)CN(C)C(C=O)CC(C)C.O=Cc1cc(-c2ccc(F)cc2)on1.c1cc[nH]c1. The first-order valence-electron chi connectivity index (χ1n) is 10.9. The van der Waals surface area contributed by atoms with Crippen molar-refractivity contribution in [1.82, 2.24) is 20.4 Å². The van der Waals surface area contributed by atoms with Crippen LogP contribution >= 0.6 is 0 Å². The Hall–Kier alpha value is -3.10. The van der Waals surface area contributed by atoms with Crippen molar-refractivity contribution in [2.75, 3.05) is 20.6 Å². The van der Waals surface area contributed by atoms with Crippen molar-refractivity contribution in [2.45, 2.75) is 39.3 Å². The number of carbonyl (C=O) groups excluding carboxylic acids is 2. The zero-order valence-corrected chi connectivity index (χ0v) is 20.0. The van der Waals surface area contributed by atoms with Crippen LogP contribution in [-0.2, 0) is 4.79 Å². The quantitative estimate of drug-likeness (QED) is 0.461. The molecule has 2 heterocycles. The normalized spacial score (nSPS) is 12.2. The van der Waals surface area contributed by atoms with Gasteiger partial charge in [0.2, 0.25) is 0 Å². The summed E-state index contributed by atoms with van der Waals surface area (Å²) < 4.78 is 17.4. The van der Waals surface area contributed by atoms with E-state index in [-0.39, 0.29) is 17.6 Å². The molecule has 0 saturated heterocycles. The summed E-state index contributed by atoms with van der Waals surface area (Å²) in [5, 5.41) is 6.67. The maximum Gasteiger partial charge on any atom is 0.171 e. The summed E-state index contributed by atoms with van der Waals surface area (Å²) in [6, 6.07) is 11.6. The summed E-state index contributed by atoms with van der Waals surface area (Å²) in [6.45, 7) is 7.32. The highest BCUT2D eigenvalue weighted by Crippen LogP contribution is 2.19. The minimum absolute atomic E-state index is 0.0609. The van der Waals surface area contributed by atoms with E-state index in [9.17, 15) is 14.0 Å². The van der Waals surface area contributed by atoms with Gasteiger partial charge in [-0.05, 0) is 69.8 Å². The lowest BCUT2D eigenvalue weighted by molar-refractivity contribution is -0.112. The second-order valence-corrected chi connectivity index (χ2v) is 8.09. The number of halogens is 1. The van der Waals surface area contributed by atoms with Gasteiger partial charge in [0.25, 0.3) is 0 Å². The molecule has 2 atom stereocenters. The van der Waals surface area contributed by atoms with Crippen molar-refractivity contribution >= 4 is 12.6 Å². The third-order valence-corrected chi connectivity index (χ3v) is 4.76. The van der Waals surface area contributed by atoms with E-state index >= 15 is 0 Å². The van der Waals surface area contributed by atoms with Gasteiger partial charge in [0.05, 0.1) is 6.04 Å². The number of aldehydes is 2. The smallest absolute Gasteiger partial charge is 0.171 e. The molecule has 0 radical (unpaired) electrons. The lowest BCUT2D eigenvalue weighted by Gasteiger charge is -2.27. The molecule has 0 spiro atoms. The van der Waals surface area contributed by atoms with Crippen molar-refractivity contribution in [3.63, 3.8) is 0 Å². The van der Waals surface area contributed by atoms with Crippen molar-refractivity contribution in [1.29, 1.82) is 0 Å². The number of hydrogen-bond donors (Lipinski definition) is 2. The number of carbonyl (C=O) groups is 2. The van der Waals surface area contributed by atoms with Crippen molar-refractivity contribution < 1.29 is 18.5 Å². The van der Waals surface area contributed by atoms with Gasteiger partial charge in [-0.2, -0.15) is 0 Å². The molecule has 7 nitrogen and oxygen atoms in total. The minimum atomic E-state index is -0.316. The van der Waals surface area contributed by atoms with Gasteiger partial charge >= 0.3 is 0 Å². The molecule has 8 heteroatoms. The van der Waals surface area contributed by atoms with Crippen LogP contribution in [0.15, 0.2) is 59.4 Å². The molecule has 0 saturated carbocycles. The maximum absolute atomic E-state index is 12.6. The first-order valence-corrected chi connectivity index (χ1v) is 10.9. The molecule has 0 aliphatic heterocycles. The average Bonchev–Trinajstić information content (AvgIpc) is 3.53. The van der Waals surface area contributed by atoms with E-state index in [1.54, 1.807) is 12.1 Å². The first-order chi connectivity index (χ1) is 15.8. The summed E-state index contributed by atoms with van der Waals surface area (Å²) in [6.07, 6.45) is 6.34. The number of likely N-dealkylation sites (N-methyl/N-ethyl adjacent to an activating group) is 2. The van der Waals surface area contributed by atoms with Crippen LogP contribution in [0.5, 0.6) is 0 Å². The zero-order valence-electron chi connectivity index (χ0n) is 20.0. The van der Waals surface area contributed by atoms with E-state index in [4.69, 9.17) is 4.52 Å². The number of nitrogens with one attached hydrogen (secondary N) is 2. The molecule has 0 aliphatic rings. The van der Waals surface area contributed by atoms with Crippen LogP contribution in [0.3, 0.4) is 0 Å². The van der Waals surface area contributed by atoms with E-state index < -0.39 is 0 Å². The van der Waals surface area contributed by atoms with Crippen LogP contribution in [0.1, 0.15) is 37.7 Å². The van der Waals surface area contributed by atoms with Crippen molar-refractivity contribution in [2.24, 2.45) is 5.92 Å². The molecule has 3 rings (SSSR count). The molecule has 0 aliphatic carbocycles. The van der Waals surface area contributed by atoms with E-state index in [2.05, 4.69) is 41.1 Å². The number of benzene rings is 1. The van der Waals surface area contributed by atoms with Crippen molar-refractivity contribution in [3.05, 3.63) is 66.4 Å². The van der Waals surface area contributed by atoms with Gasteiger partial charge < -0.3 is 19.6 Å². The summed E-state index contributed by atoms with van der Waals surface area (Å²) in [4.78, 5) is 26.2. The Morgan fingerprint density at radius 1 is 1.15 bits per heavy atom. The Kier molecular flexibility index (Phi) is 13.3. The highest BCUT2D eigenvalue weighted by molar-refractivity contribution is 5.74. The Morgan fingerprint density at radius 3 is 2.21 bits per heavy atom. The van der Waals surface area contributed by atoms with E-state index in [0.717, 1.165) is 19.3 Å². The van der Waals surface area contributed by atoms with E-state index in [1.807, 2.05) is 38.6 Å². The number of nitrogens with zero attached hydrogens (tertiary/aromatic N) is 2. The predicted octanol–water partition coefficient (Wildman–Crippen LogP) is 4.45. The minimum Gasteiger partial charge on any atom is -0.368 e. The molecule has 2 aromatic heterocycles. The third kappa shape index (κ3) is 11.4. The Balaban J connectivity index is 0.000000273. The summed E-state index contributed by atoms with van der Waals surface area (Å²) in [7, 11) is 3.95. The van der Waals surface area contributed by atoms with Gasteiger partial charge in [0.15, 0.2) is 12.0 Å². The molecule has 2 N–H and O–H groups in total. The van der Waals surface area contributed by atoms with Crippen molar-refractivity contribution in [3.8, 4) is 11.3 Å². The first kappa shape index (κ1) is 27.9. The molecular weight excluding hydrogens is 423 g/mol. The summed E-state index contributed by atoms with van der Waals surface area (Å²) in [5.74, 6) is 0.702. The number of aromatic amines is 1. The van der Waals surface area contributed by atoms with E-state index in [0.29, 0.717) is 29.6 Å². The number of aromatic nitrogens is 2.